The van der Waals surface area contributed by atoms with Crippen LogP contribution in [0.3, 0.4) is 0 Å². The molecule has 2 aromatic heterocycles. The van der Waals surface area contributed by atoms with Crippen molar-refractivity contribution in [3.8, 4) is 11.6 Å². The molecule has 0 spiro atoms. The third kappa shape index (κ3) is 3.87. The van der Waals surface area contributed by atoms with Crippen LogP contribution in [0.15, 0.2) is 23.1 Å². The topological polar surface area (TPSA) is 57.0 Å². The molecule has 0 N–H and O–H groups in total. The van der Waals surface area contributed by atoms with Crippen LogP contribution in [0, 0.1) is 13.8 Å². The smallest absolute Gasteiger partial charge is 0.404 e. The van der Waals surface area contributed by atoms with E-state index in [2.05, 4.69) is 14.8 Å². The Morgan fingerprint density at radius 3 is 2.25 bits per heavy atom. The van der Waals surface area contributed by atoms with E-state index in [9.17, 15) is 26.7 Å². The predicted octanol–water partition coefficient (Wildman–Crippen LogP) is 3.25. The van der Waals surface area contributed by atoms with Gasteiger partial charge in [-0.3, -0.25) is 4.79 Å². The van der Waals surface area contributed by atoms with Crippen LogP contribution in [-0.2, 0) is 5.92 Å². The summed E-state index contributed by atoms with van der Waals surface area (Å²) in [5.41, 5.74) is -1.43. The lowest BCUT2D eigenvalue weighted by Gasteiger charge is -2.15. The molecule has 0 amide bonds. The molecule has 0 aliphatic heterocycles. The minimum atomic E-state index is -4.89. The number of hydrogen-bond donors (Lipinski definition) is 0. The van der Waals surface area contributed by atoms with Gasteiger partial charge >= 0.3 is 6.36 Å². The van der Waals surface area contributed by atoms with Crippen molar-refractivity contribution in [1.82, 2.24) is 14.8 Å². The molecule has 130 valence electrons. The highest BCUT2D eigenvalue weighted by atomic mass is 19.4. The number of aromatic nitrogens is 3. The zero-order valence-electron chi connectivity index (χ0n) is 12.8. The quantitative estimate of drug-likeness (QED) is 0.798. The summed E-state index contributed by atoms with van der Waals surface area (Å²) in [6.07, 6.45) is -4.08. The maximum atomic E-state index is 13.2. The van der Waals surface area contributed by atoms with Gasteiger partial charge in [0.2, 0.25) is 0 Å². The fourth-order valence-corrected chi connectivity index (χ4v) is 1.92. The van der Waals surface area contributed by atoms with Crippen LogP contribution in [-0.4, -0.2) is 21.1 Å². The van der Waals surface area contributed by atoms with Gasteiger partial charge < -0.3 is 4.74 Å². The maximum absolute atomic E-state index is 13.2. The average molecular weight is 349 g/mol. The van der Waals surface area contributed by atoms with Gasteiger partial charge in [0.05, 0.1) is 11.9 Å². The number of aryl methyl sites for hydroxylation is 2. The van der Waals surface area contributed by atoms with Crippen molar-refractivity contribution >= 4 is 0 Å². The van der Waals surface area contributed by atoms with E-state index in [-0.39, 0.29) is 17.1 Å². The molecule has 0 bridgehead atoms. The van der Waals surface area contributed by atoms with Gasteiger partial charge in [0.25, 0.3) is 11.5 Å². The van der Waals surface area contributed by atoms with Crippen molar-refractivity contribution in [2.24, 2.45) is 0 Å². The molecule has 5 nitrogen and oxygen atoms in total. The van der Waals surface area contributed by atoms with Gasteiger partial charge in [0, 0.05) is 18.6 Å². The van der Waals surface area contributed by atoms with E-state index in [1.165, 1.54) is 13.8 Å². The Morgan fingerprint density at radius 1 is 1.12 bits per heavy atom. The molecule has 0 fully saturated rings. The second-order valence-electron chi connectivity index (χ2n) is 5.14. The third-order valence-corrected chi connectivity index (χ3v) is 3.06. The minimum Gasteiger partial charge on any atom is -0.404 e. The van der Waals surface area contributed by atoms with Crippen LogP contribution in [0.1, 0.15) is 23.7 Å². The molecule has 24 heavy (non-hydrogen) atoms. The monoisotopic (exact) mass is 349 g/mol. The highest BCUT2D eigenvalue weighted by molar-refractivity contribution is 5.41. The van der Waals surface area contributed by atoms with Crippen molar-refractivity contribution in [3.05, 3.63) is 45.5 Å². The molecule has 0 unspecified atom stereocenters. The largest absolute Gasteiger partial charge is 0.573 e. The van der Waals surface area contributed by atoms with Gasteiger partial charge in [-0.15, -0.1) is 13.2 Å². The summed E-state index contributed by atoms with van der Waals surface area (Å²) in [5.74, 6) is -3.83. The maximum Gasteiger partial charge on any atom is 0.573 e. The van der Waals surface area contributed by atoms with Gasteiger partial charge in [-0.25, -0.2) is 13.8 Å². The lowest BCUT2D eigenvalue weighted by Crippen LogP contribution is -2.25. The predicted molar refractivity (Wildman–Crippen MR) is 73.4 cm³/mol. The number of pyridine rings is 1. The second-order valence-corrected chi connectivity index (χ2v) is 5.14. The first-order valence-corrected chi connectivity index (χ1v) is 6.60. The lowest BCUT2D eigenvalue weighted by molar-refractivity contribution is -0.275. The second kappa shape index (κ2) is 5.84. The third-order valence-electron chi connectivity index (χ3n) is 3.06. The van der Waals surface area contributed by atoms with Crippen LogP contribution in [0.5, 0.6) is 5.75 Å². The highest BCUT2D eigenvalue weighted by Gasteiger charge is 2.32. The summed E-state index contributed by atoms with van der Waals surface area (Å²) in [4.78, 5) is 15.8. The van der Waals surface area contributed by atoms with E-state index < -0.39 is 29.2 Å². The molecule has 2 heterocycles. The standard InChI is InChI=1S/C14H12F5N3O2/c1-7-4-10(24-14(17,18)19)8(2)21-12(7)22-11(23)5-9(6-20-22)13(3,15)16/h4-6H,1-3H3. The Kier molecular flexibility index (Phi) is 4.34. The summed E-state index contributed by atoms with van der Waals surface area (Å²) < 4.78 is 67.9. The molecule has 2 aromatic rings. The fourth-order valence-electron chi connectivity index (χ4n) is 1.92. The summed E-state index contributed by atoms with van der Waals surface area (Å²) >= 11 is 0. The summed E-state index contributed by atoms with van der Waals surface area (Å²) in [5, 5.41) is 3.62. The van der Waals surface area contributed by atoms with Crippen molar-refractivity contribution in [3.63, 3.8) is 0 Å². The van der Waals surface area contributed by atoms with E-state index in [0.29, 0.717) is 13.0 Å². The SMILES string of the molecule is Cc1cc(OC(F)(F)F)c(C)nc1-n1ncc(C(C)(F)F)cc1=O. The molecule has 0 radical (unpaired) electrons. The van der Waals surface area contributed by atoms with Crippen LogP contribution < -0.4 is 10.3 Å². The van der Waals surface area contributed by atoms with Crippen molar-refractivity contribution in [2.75, 3.05) is 0 Å². The molecule has 0 saturated carbocycles. The number of alkyl halides is 5. The molecule has 0 atom stereocenters. The first-order valence-electron chi connectivity index (χ1n) is 6.60. The van der Waals surface area contributed by atoms with Crippen molar-refractivity contribution in [1.29, 1.82) is 0 Å². The van der Waals surface area contributed by atoms with Crippen LogP contribution in [0.25, 0.3) is 5.82 Å². The number of hydrogen-bond acceptors (Lipinski definition) is 4. The normalized spacial score (nSPS) is 12.3. The van der Waals surface area contributed by atoms with Gasteiger partial charge in [0.15, 0.2) is 11.6 Å². The van der Waals surface area contributed by atoms with Crippen LogP contribution in [0.4, 0.5) is 22.0 Å². The Hall–Kier alpha value is -2.52. The van der Waals surface area contributed by atoms with E-state index in [4.69, 9.17) is 0 Å². The van der Waals surface area contributed by atoms with E-state index in [1.54, 1.807) is 0 Å². The zero-order valence-corrected chi connectivity index (χ0v) is 12.8. The number of halogens is 5. The van der Waals surface area contributed by atoms with Crippen molar-refractivity contribution < 1.29 is 26.7 Å². The number of ether oxygens (including phenoxy) is 1. The van der Waals surface area contributed by atoms with E-state index >= 15 is 0 Å². The van der Waals surface area contributed by atoms with E-state index in [0.717, 1.165) is 16.9 Å². The summed E-state index contributed by atoms with van der Waals surface area (Å²) in [6.45, 7) is 3.26. The Bertz CT molecular complexity index is 825. The molecule has 2 rings (SSSR count). The Balaban J connectivity index is 2.51. The Labute approximate surface area is 132 Å². The minimum absolute atomic E-state index is 0.0713. The molecular weight excluding hydrogens is 337 g/mol. The average Bonchev–Trinajstić information content (AvgIpc) is 2.40. The van der Waals surface area contributed by atoms with Gasteiger partial charge in [-0.2, -0.15) is 9.78 Å². The first kappa shape index (κ1) is 17.8. The summed E-state index contributed by atoms with van der Waals surface area (Å²) in [7, 11) is 0. The molecule has 0 aliphatic rings. The molecule has 10 heteroatoms. The van der Waals surface area contributed by atoms with Gasteiger partial charge in [0.1, 0.15) is 0 Å². The van der Waals surface area contributed by atoms with Gasteiger partial charge in [-0.1, -0.05) is 0 Å². The summed E-state index contributed by atoms with van der Waals surface area (Å²) in [6, 6.07) is 1.74. The molecule has 0 saturated heterocycles. The molecule has 0 aliphatic carbocycles. The lowest BCUT2D eigenvalue weighted by atomic mass is 10.2. The van der Waals surface area contributed by atoms with Gasteiger partial charge in [-0.05, 0) is 25.5 Å². The molecule has 0 aromatic carbocycles. The van der Waals surface area contributed by atoms with E-state index in [1.807, 2.05) is 0 Å². The van der Waals surface area contributed by atoms with Crippen LogP contribution >= 0.6 is 0 Å². The number of rotatable bonds is 3. The van der Waals surface area contributed by atoms with Crippen LogP contribution in [0.2, 0.25) is 0 Å². The van der Waals surface area contributed by atoms with Crippen molar-refractivity contribution in [2.45, 2.75) is 33.1 Å². The Morgan fingerprint density at radius 2 is 1.75 bits per heavy atom. The zero-order chi connectivity index (χ0) is 18.3. The highest BCUT2D eigenvalue weighted by Crippen LogP contribution is 2.28. The fraction of sp³-hybridized carbons (Fsp3) is 0.357. The first-order chi connectivity index (χ1) is 10.9. The molecular formula is C14H12F5N3O2. The number of nitrogens with zero attached hydrogens (tertiary/aromatic N) is 3.